The molecular formula is C25H24Cl2N4O3. The van der Waals surface area contributed by atoms with Crippen LogP contribution >= 0.6 is 23.2 Å². The van der Waals surface area contributed by atoms with Gasteiger partial charge >= 0.3 is 0 Å². The number of benzene rings is 2. The molecule has 2 bridgehead atoms. The molecular weight excluding hydrogens is 475 g/mol. The van der Waals surface area contributed by atoms with E-state index in [1.807, 2.05) is 23.1 Å². The number of piperidine rings is 1. The van der Waals surface area contributed by atoms with Crippen molar-refractivity contribution in [3.05, 3.63) is 59.4 Å². The van der Waals surface area contributed by atoms with Gasteiger partial charge in [-0.15, -0.1) is 0 Å². The lowest BCUT2D eigenvalue weighted by Gasteiger charge is -2.38. The molecule has 0 spiro atoms. The minimum atomic E-state index is -0.0196. The number of hydrogen-bond donors (Lipinski definition) is 1. The second kappa shape index (κ2) is 9.31. The summed E-state index contributed by atoms with van der Waals surface area (Å²) in [5.74, 6) is 1.84. The van der Waals surface area contributed by atoms with Gasteiger partial charge in [0.1, 0.15) is 18.2 Å². The topological polar surface area (TPSA) is 76.6 Å². The van der Waals surface area contributed by atoms with Crippen LogP contribution in [0.1, 0.15) is 25.7 Å². The second-order valence-electron chi connectivity index (χ2n) is 8.54. The number of nitrogens with zero attached hydrogens (tertiary/aromatic N) is 3. The highest BCUT2D eigenvalue weighted by molar-refractivity contribution is 6.42. The zero-order chi connectivity index (χ0) is 23.8. The molecule has 0 aliphatic carbocycles. The van der Waals surface area contributed by atoms with Gasteiger partial charge in [0.25, 0.3) is 0 Å². The van der Waals surface area contributed by atoms with E-state index in [1.54, 1.807) is 19.2 Å². The average molecular weight is 499 g/mol. The van der Waals surface area contributed by atoms with Crippen LogP contribution in [0.4, 0.5) is 11.5 Å². The van der Waals surface area contributed by atoms with Crippen LogP contribution in [0, 0.1) is 0 Å². The predicted molar refractivity (Wildman–Crippen MR) is 133 cm³/mol. The number of amides is 1. The summed E-state index contributed by atoms with van der Waals surface area (Å²) in [6.45, 7) is 3.65. The summed E-state index contributed by atoms with van der Waals surface area (Å²) in [4.78, 5) is 23.1. The number of halogens is 2. The first-order chi connectivity index (χ1) is 16.5. The number of carbonyl (C=O) groups is 1. The maximum atomic E-state index is 12.3. The summed E-state index contributed by atoms with van der Waals surface area (Å²) in [5.41, 5.74) is 1.47. The lowest BCUT2D eigenvalue weighted by atomic mass is 9.99. The molecule has 2 atom stereocenters. The lowest BCUT2D eigenvalue weighted by molar-refractivity contribution is -0.131. The summed E-state index contributed by atoms with van der Waals surface area (Å²) in [6.07, 6.45) is 6.41. The number of fused-ring (bicyclic) bond motifs is 3. The van der Waals surface area contributed by atoms with Crippen LogP contribution in [0.5, 0.6) is 11.5 Å². The molecule has 5 rings (SSSR count). The van der Waals surface area contributed by atoms with E-state index in [-0.39, 0.29) is 24.1 Å². The molecule has 2 unspecified atom stereocenters. The van der Waals surface area contributed by atoms with Gasteiger partial charge < -0.3 is 19.7 Å². The monoisotopic (exact) mass is 498 g/mol. The van der Waals surface area contributed by atoms with Crippen molar-refractivity contribution < 1.29 is 14.3 Å². The number of ether oxygens (including phenoxy) is 2. The van der Waals surface area contributed by atoms with Crippen LogP contribution in [-0.4, -0.2) is 46.1 Å². The molecule has 3 heterocycles. The second-order valence-corrected chi connectivity index (χ2v) is 9.36. The molecule has 2 fully saturated rings. The maximum absolute atomic E-state index is 12.3. The van der Waals surface area contributed by atoms with Crippen LogP contribution in [-0.2, 0) is 4.79 Å². The Hall–Kier alpha value is -3.03. The predicted octanol–water partition coefficient (Wildman–Crippen LogP) is 5.78. The maximum Gasteiger partial charge on any atom is 0.246 e. The normalized spacial score (nSPS) is 21.4. The van der Waals surface area contributed by atoms with Gasteiger partial charge in [0.15, 0.2) is 11.5 Å². The Kier molecular flexibility index (Phi) is 6.23. The van der Waals surface area contributed by atoms with E-state index < -0.39 is 0 Å². The Balaban J connectivity index is 1.43. The third kappa shape index (κ3) is 4.26. The van der Waals surface area contributed by atoms with E-state index in [9.17, 15) is 4.79 Å². The summed E-state index contributed by atoms with van der Waals surface area (Å²) in [5, 5.41) is 5.00. The molecule has 7 nitrogen and oxygen atoms in total. The average Bonchev–Trinajstić information content (AvgIpc) is 3.11. The minimum absolute atomic E-state index is 0.00408. The summed E-state index contributed by atoms with van der Waals surface area (Å²) >= 11 is 12.2. The molecule has 3 aromatic rings. The Labute approximate surface area is 207 Å². The molecule has 0 radical (unpaired) electrons. The standard InChI is InChI=1S/C25H24Cl2N4O3/c1-3-24(32)31-15-5-6-16(31)10-17(9-15)34-23-11-18-21(12-22(23)33-2)28-13-29-25(18)30-14-4-7-19(26)20(27)8-14/h3-4,7-8,11-13,15-17H,1,5-6,9-10H2,2H3,(H,28,29,30). The van der Waals surface area contributed by atoms with Gasteiger partial charge in [-0.2, -0.15) is 0 Å². The van der Waals surface area contributed by atoms with Crippen molar-refractivity contribution in [2.24, 2.45) is 0 Å². The van der Waals surface area contributed by atoms with Gasteiger partial charge in [-0.05, 0) is 43.2 Å². The molecule has 9 heteroatoms. The smallest absolute Gasteiger partial charge is 0.246 e. The van der Waals surface area contributed by atoms with E-state index >= 15 is 0 Å². The highest BCUT2D eigenvalue weighted by Gasteiger charge is 2.43. The number of methoxy groups -OCH3 is 1. The Morgan fingerprint density at radius 2 is 1.88 bits per heavy atom. The van der Waals surface area contributed by atoms with E-state index in [0.29, 0.717) is 32.9 Å². The molecule has 2 saturated heterocycles. The van der Waals surface area contributed by atoms with Crippen molar-refractivity contribution in [2.75, 3.05) is 12.4 Å². The number of rotatable bonds is 6. The Morgan fingerprint density at radius 3 is 2.56 bits per heavy atom. The summed E-state index contributed by atoms with van der Waals surface area (Å²) in [7, 11) is 1.61. The van der Waals surface area contributed by atoms with Crippen molar-refractivity contribution in [1.82, 2.24) is 14.9 Å². The van der Waals surface area contributed by atoms with Crippen molar-refractivity contribution in [3.8, 4) is 11.5 Å². The third-order valence-electron chi connectivity index (χ3n) is 6.52. The van der Waals surface area contributed by atoms with Crippen molar-refractivity contribution >= 4 is 51.5 Å². The molecule has 1 amide bonds. The fourth-order valence-electron chi connectivity index (χ4n) is 4.99. The molecule has 2 aliphatic heterocycles. The van der Waals surface area contributed by atoms with Gasteiger partial charge in [0.05, 0.1) is 22.7 Å². The van der Waals surface area contributed by atoms with Crippen LogP contribution in [0.25, 0.3) is 10.9 Å². The first-order valence-electron chi connectivity index (χ1n) is 11.1. The third-order valence-corrected chi connectivity index (χ3v) is 7.25. The fraction of sp³-hybridized carbons (Fsp3) is 0.320. The summed E-state index contributed by atoms with van der Waals surface area (Å²) in [6, 6.07) is 9.40. The first-order valence-corrected chi connectivity index (χ1v) is 11.9. The molecule has 0 saturated carbocycles. The van der Waals surface area contributed by atoms with Gasteiger partial charge in [-0.25, -0.2) is 9.97 Å². The van der Waals surface area contributed by atoms with E-state index in [4.69, 9.17) is 32.7 Å². The minimum Gasteiger partial charge on any atom is -0.493 e. The molecule has 1 aromatic heterocycles. The van der Waals surface area contributed by atoms with Crippen LogP contribution in [0.15, 0.2) is 49.3 Å². The quantitative estimate of drug-likeness (QED) is 0.434. The van der Waals surface area contributed by atoms with Crippen LogP contribution in [0.3, 0.4) is 0 Å². The zero-order valence-corrected chi connectivity index (χ0v) is 20.1. The molecule has 1 N–H and O–H groups in total. The molecule has 176 valence electrons. The van der Waals surface area contributed by atoms with Crippen LogP contribution < -0.4 is 14.8 Å². The summed E-state index contributed by atoms with van der Waals surface area (Å²) < 4.78 is 12.1. The number of hydrogen-bond acceptors (Lipinski definition) is 6. The van der Waals surface area contributed by atoms with Gasteiger partial charge in [0.2, 0.25) is 5.91 Å². The van der Waals surface area contributed by atoms with E-state index in [2.05, 4.69) is 21.9 Å². The zero-order valence-electron chi connectivity index (χ0n) is 18.6. The van der Waals surface area contributed by atoms with Gasteiger partial charge in [0, 0.05) is 42.1 Å². The molecule has 2 aliphatic rings. The van der Waals surface area contributed by atoms with Crippen molar-refractivity contribution in [2.45, 2.75) is 43.9 Å². The number of anilines is 2. The number of nitrogens with one attached hydrogen (secondary N) is 1. The van der Waals surface area contributed by atoms with Crippen LogP contribution in [0.2, 0.25) is 10.0 Å². The number of aromatic nitrogens is 2. The molecule has 34 heavy (non-hydrogen) atoms. The first kappa shape index (κ1) is 22.7. The number of carbonyl (C=O) groups excluding carboxylic acids is 1. The fourth-order valence-corrected chi connectivity index (χ4v) is 5.29. The highest BCUT2D eigenvalue weighted by atomic mass is 35.5. The largest absolute Gasteiger partial charge is 0.493 e. The lowest BCUT2D eigenvalue weighted by Crippen LogP contribution is -2.48. The van der Waals surface area contributed by atoms with E-state index in [1.165, 1.54) is 12.4 Å². The molecule has 2 aromatic carbocycles. The SMILES string of the molecule is C=CC(=O)N1C2CCC1CC(Oc1cc3c(Nc4ccc(Cl)c(Cl)c4)ncnc3cc1OC)C2. The Bertz CT molecular complexity index is 1250. The van der Waals surface area contributed by atoms with E-state index in [0.717, 1.165) is 36.8 Å². The van der Waals surface area contributed by atoms with Crippen molar-refractivity contribution in [1.29, 1.82) is 0 Å². The highest BCUT2D eigenvalue weighted by Crippen LogP contribution is 2.41. The van der Waals surface area contributed by atoms with Gasteiger partial charge in [-0.3, -0.25) is 4.79 Å². The Morgan fingerprint density at radius 1 is 1.12 bits per heavy atom. The van der Waals surface area contributed by atoms with Gasteiger partial charge in [-0.1, -0.05) is 29.8 Å². The van der Waals surface area contributed by atoms with Crippen molar-refractivity contribution in [3.63, 3.8) is 0 Å².